The van der Waals surface area contributed by atoms with Crippen molar-refractivity contribution in [3.63, 3.8) is 0 Å². The van der Waals surface area contributed by atoms with Gasteiger partial charge >= 0.3 is 23.1 Å². The smallest absolute Gasteiger partial charge is 1.00 e. The number of hydrogen-bond acceptors (Lipinski definition) is 1. The predicted octanol–water partition coefficient (Wildman–Crippen LogP) is 1.17. The van der Waals surface area contributed by atoms with Crippen LogP contribution >= 0.6 is 0 Å². The van der Waals surface area contributed by atoms with Crippen molar-refractivity contribution in [1.82, 2.24) is 0 Å². The third-order valence-corrected chi connectivity index (χ3v) is 1.55. The van der Waals surface area contributed by atoms with Crippen LogP contribution in [0.25, 0.3) is 6.08 Å². The van der Waals surface area contributed by atoms with Gasteiger partial charge in [-0.25, -0.2) is 0 Å². The molecule has 6 heteroatoms. The number of benzene rings is 1. The first-order valence-corrected chi connectivity index (χ1v) is 3.35. The molecule has 1 aromatic rings. The summed E-state index contributed by atoms with van der Waals surface area (Å²) < 4.78 is 5.34. The molecule has 1 aliphatic rings. The number of fused-ring (bicyclic) bond motifs is 1. The SMILES string of the molecule is C1=Cc2ccccc2OC1.[Al].[Fe].[H-].[H-].[Mg+2].[Si].[Zr]. The summed E-state index contributed by atoms with van der Waals surface area (Å²) in [5.74, 6) is 0.991. The molecule has 0 amide bonds. The molecular formula is C9H10AlFeMgOSiZr. The molecule has 1 nitrogen and oxygen atoms in total. The summed E-state index contributed by atoms with van der Waals surface area (Å²) in [6.45, 7) is 0.705. The van der Waals surface area contributed by atoms with E-state index in [1.165, 1.54) is 5.56 Å². The van der Waals surface area contributed by atoms with Gasteiger partial charge in [0.05, 0.1) is 0 Å². The fourth-order valence-electron chi connectivity index (χ4n) is 1.06. The minimum Gasteiger partial charge on any atom is -1.00 e. The summed E-state index contributed by atoms with van der Waals surface area (Å²) in [6, 6.07) is 8.03. The average Bonchev–Trinajstić information content (AvgIpc) is 2.05. The molecule has 0 aliphatic carbocycles. The quantitative estimate of drug-likeness (QED) is 0.631. The van der Waals surface area contributed by atoms with Gasteiger partial charge in [0.25, 0.3) is 0 Å². The molecule has 15 heavy (non-hydrogen) atoms. The van der Waals surface area contributed by atoms with E-state index in [9.17, 15) is 0 Å². The maximum absolute atomic E-state index is 5.34. The molecule has 73 valence electrons. The summed E-state index contributed by atoms with van der Waals surface area (Å²) in [5, 5.41) is 0. The van der Waals surface area contributed by atoms with Crippen molar-refractivity contribution in [2.75, 3.05) is 6.61 Å². The molecule has 0 atom stereocenters. The van der Waals surface area contributed by atoms with Crippen molar-refractivity contribution in [2.24, 2.45) is 0 Å². The van der Waals surface area contributed by atoms with E-state index >= 15 is 0 Å². The van der Waals surface area contributed by atoms with Crippen molar-refractivity contribution in [3.8, 4) is 5.75 Å². The first-order chi connectivity index (χ1) is 4.97. The fraction of sp³-hybridized carbons (Fsp3) is 0.111. The van der Waals surface area contributed by atoms with Gasteiger partial charge in [0.15, 0.2) is 0 Å². The molecule has 1 aromatic carbocycles. The Hall–Kier alpha value is 1.68. The Morgan fingerprint density at radius 3 is 2.40 bits per heavy atom. The van der Waals surface area contributed by atoms with Gasteiger partial charge in [-0.2, -0.15) is 0 Å². The molecule has 1 aliphatic heterocycles. The van der Waals surface area contributed by atoms with Gasteiger partial charge < -0.3 is 7.59 Å². The molecule has 0 fully saturated rings. The summed E-state index contributed by atoms with van der Waals surface area (Å²) in [4.78, 5) is 0. The van der Waals surface area contributed by atoms with Gasteiger partial charge in [-0.1, -0.05) is 24.3 Å². The van der Waals surface area contributed by atoms with Gasteiger partial charge in [0.2, 0.25) is 0 Å². The van der Waals surface area contributed by atoms with E-state index in [-0.39, 0.29) is 97.5 Å². The zero-order valence-corrected chi connectivity index (χ0v) is 15.3. The minimum absolute atomic E-state index is 0. The number of ether oxygens (including phenoxy) is 1. The summed E-state index contributed by atoms with van der Waals surface area (Å²) in [7, 11) is 0. The summed E-state index contributed by atoms with van der Waals surface area (Å²) >= 11 is 0. The Morgan fingerprint density at radius 2 is 1.80 bits per heavy atom. The zero-order chi connectivity index (χ0) is 6.81. The number of rotatable bonds is 0. The average molecular weight is 361 g/mol. The second-order valence-electron chi connectivity index (χ2n) is 2.25. The van der Waals surface area contributed by atoms with Gasteiger partial charge in [-0.3, -0.25) is 0 Å². The third-order valence-electron chi connectivity index (χ3n) is 1.55. The van der Waals surface area contributed by atoms with Gasteiger partial charge in [-0.15, -0.1) is 0 Å². The normalized spacial score (nSPS) is 9.33. The van der Waals surface area contributed by atoms with E-state index in [0.29, 0.717) is 6.61 Å². The molecular weight excluding hydrogens is 351 g/mol. The molecule has 0 N–H and O–H groups in total. The Morgan fingerprint density at radius 1 is 1.20 bits per heavy atom. The second-order valence-corrected chi connectivity index (χ2v) is 2.25. The molecule has 7 radical (unpaired) electrons. The molecule has 0 saturated carbocycles. The zero-order valence-electron chi connectivity index (χ0n) is 10.2. The Kier molecular flexibility index (Phi) is 23.4. The van der Waals surface area contributed by atoms with Crippen molar-refractivity contribution < 1.29 is 50.9 Å². The molecule has 0 bridgehead atoms. The van der Waals surface area contributed by atoms with Crippen LogP contribution in [0.2, 0.25) is 0 Å². The monoisotopic (exact) mass is 359 g/mol. The van der Waals surface area contributed by atoms with Crippen LogP contribution < -0.4 is 4.74 Å². The van der Waals surface area contributed by atoms with Crippen molar-refractivity contribution in [2.45, 2.75) is 0 Å². The van der Waals surface area contributed by atoms with Crippen molar-refractivity contribution >= 4 is 57.5 Å². The fourth-order valence-corrected chi connectivity index (χ4v) is 1.06. The number of hydrogen-bond donors (Lipinski definition) is 0. The Balaban J connectivity index is -0.0000000432. The van der Waals surface area contributed by atoms with E-state index in [1.807, 2.05) is 30.3 Å². The van der Waals surface area contributed by atoms with Crippen LogP contribution in [0.5, 0.6) is 5.75 Å². The predicted molar refractivity (Wildman–Crippen MR) is 60.5 cm³/mol. The van der Waals surface area contributed by atoms with Crippen LogP contribution in [0.15, 0.2) is 30.3 Å². The molecule has 0 unspecified atom stereocenters. The first-order valence-electron chi connectivity index (χ1n) is 3.35. The van der Waals surface area contributed by atoms with Crippen LogP contribution in [0.4, 0.5) is 0 Å². The van der Waals surface area contributed by atoms with Crippen LogP contribution in [0.3, 0.4) is 0 Å². The largest absolute Gasteiger partial charge is 2.00 e. The van der Waals surface area contributed by atoms with E-state index < -0.39 is 0 Å². The number of para-hydroxylation sites is 1. The third kappa shape index (κ3) is 7.57. The Labute approximate surface area is 155 Å². The van der Waals surface area contributed by atoms with Crippen molar-refractivity contribution in [3.05, 3.63) is 35.9 Å². The molecule has 0 spiro atoms. The topological polar surface area (TPSA) is 9.23 Å². The summed E-state index contributed by atoms with van der Waals surface area (Å²) in [6.07, 6.45) is 4.10. The van der Waals surface area contributed by atoms with Crippen LogP contribution in [0.1, 0.15) is 8.42 Å². The first kappa shape index (κ1) is 25.5. The Bertz CT molecular complexity index is 297. The molecule has 0 aromatic heterocycles. The molecule has 1 heterocycles. The van der Waals surface area contributed by atoms with Crippen LogP contribution in [0, 0.1) is 0 Å². The van der Waals surface area contributed by atoms with Crippen LogP contribution in [-0.4, -0.2) is 58.0 Å². The van der Waals surface area contributed by atoms with Crippen LogP contribution in [-0.2, 0) is 43.3 Å². The second kappa shape index (κ2) is 13.7. The van der Waals surface area contributed by atoms with Gasteiger partial charge in [0.1, 0.15) is 12.4 Å². The molecule has 2 rings (SSSR count). The van der Waals surface area contributed by atoms with E-state index in [4.69, 9.17) is 4.74 Å². The maximum atomic E-state index is 5.34. The van der Waals surface area contributed by atoms with E-state index in [2.05, 4.69) is 6.08 Å². The van der Waals surface area contributed by atoms with E-state index in [0.717, 1.165) is 5.75 Å². The summed E-state index contributed by atoms with van der Waals surface area (Å²) in [5.41, 5.74) is 1.17. The maximum Gasteiger partial charge on any atom is 2.00 e. The van der Waals surface area contributed by atoms with Crippen molar-refractivity contribution in [1.29, 1.82) is 0 Å². The van der Waals surface area contributed by atoms with Gasteiger partial charge in [0, 0.05) is 77.2 Å². The van der Waals surface area contributed by atoms with E-state index in [1.54, 1.807) is 0 Å². The molecule has 0 saturated heterocycles. The minimum atomic E-state index is 0. The standard InChI is InChI=1S/C9H8O.Al.Fe.Mg.Si.Zr.2H/c1-2-6-9-8(4-1)5-3-7-10-9;;;;;;;/h1-6H,7H2;;;;;;;/q;;;+2;;;2*-1. The van der Waals surface area contributed by atoms with Gasteiger partial charge in [-0.05, 0) is 12.1 Å².